The van der Waals surface area contributed by atoms with Crippen LogP contribution >= 0.6 is 11.6 Å². The molecule has 1 aliphatic rings. The van der Waals surface area contributed by atoms with E-state index in [2.05, 4.69) is 16.8 Å². The SMILES string of the molecule is CCCOC1CCCN(c2ncc(F)cc2CCl)C1. The van der Waals surface area contributed by atoms with E-state index in [1.54, 1.807) is 0 Å². The van der Waals surface area contributed by atoms with E-state index in [1.165, 1.54) is 12.3 Å². The van der Waals surface area contributed by atoms with Crippen LogP contribution in [0.2, 0.25) is 0 Å². The van der Waals surface area contributed by atoms with Crippen LogP contribution in [0, 0.1) is 5.82 Å². The van der Waals surface area contributed by atoms with E-state index in [0.29, 0.717) is 0 Å². The highest BCUT2D eigenvalue weighted by molar-refractivity contribution is 6.17. The summed E-state index contributed by atoms with van der Waals surface area (Å²) in [6.45, 7) is 4.63. The van der Waals surface area contributed by atoms with E-state index < -0.39 is 0 Å². The highest BCUT2D eigenvalue weighted by Gasteiger charge is 2.23. The lowest BCUT2D eigenvalue weighted by molar-refractivity contribution is 0.0439. The van der Waals surface area contributed by atoms with Crippen molar-refractivity contribution in [1.82, 2.24) is 4.98 Å². The number of ether oxygens (including phenoxy) is 1. The maximum atomic E-state index is 13.2. The van der Waals surface area contributed by atoms with Gasteiger partial charge in [-0.25, -0.2) is 9.37 Å². The molecule has 3 nitrogen and oxygen atoms in total. The van der Waals surface area contributed by atoms with Crippen molar-refractivity contribution >= 4 is 17.4 Å². The number of pyridine rings is 1. The molecule has 0 radical (unpaired) electrons. The number of halogens is 2. The lowest BCUT2D eigenvalue weighted by Gasteiger charge is -2.34. The Bertz CT molecular complexity index is 416. The van der Waals surface area contributed by atoms with Gasteiger partial charge in [0.25, 0.3) is 0 Å². The molecule has 5 heteroatoms. The number of piperidine rings is 1. The third-order valence-corrected chi connectivity index (χ3v) is 3.58. The number of aromatic nitrogens is 1. The summed E-state index contributed by atoms with van der Waals surface area (Å²) in [4.78, 5) is 6.35. The Kier molecular flexibility index (Phi) is 5.40. The number of alkyl halides is 1. The molecule has 1 unspecified atom stereocenters. The number of rotatable bonds is 5. The van der Waals surface area contributed by atoms with Gasteiger partial charge in [0.05, 0.1) is 18.2 Å². The number of hydrogen-bond donors (Lipinski definition) is 0. The molecule has 2 rings (SSSR count). The maximum Gasteiger partial charge on any atom is 0.141 e. The van der Waals surface area contributed by atoms with Crippen LogP contribution in [0.25, 0.3) is 0 Å². The van der Waals surface area contributed by atoms with Gasteiger partial charge in [0.1, 0.15) is 11.6 Å². The van der Waals surface area contributed by atoms with Gasteiger partial charge in [-0.2, -0.15) is 0 Å². The Morgan fingerprint density at radius 2 is 2.42 bits per heavy atom. The molecule has 1 atom stereocenters. The van der Waals surface area contributed by atoms with Crippen LogP contribution in [-0.4, -0.2) is 30.8 Å². The lowest BCUT2D eigenvalue weighted by Crippen LogP contribution is -2.40. The molecule has 106 valence electrons. The lowest BCUT2D eigenvalue weighted by atomic mass is 10.1. The fourth-order valence-electron chi connectivity index (χ4n) is 2.41. The summed E-state index contributed by atoms with van der Waals surface area (Å²) in [5.41, 5.74) is 0.748. The van der Waals surface area contributed by atoms with Gasteiger partial charge in [-0.05, 0) is 25.3 Å². The molecule has 19 heavy (non-hydrogen) atoms. The zero-order valence-electron chi connectivity index (χ0n) is 11.2. The highest BCUT2D eigenvalue weighted by Crippen LogP contribution is 2.24. The predicted molar refractivity (Wildman–Crippen MR) is 75.2 cm³/mol. The van der Waals surface area contributed by atoms with Gasteiger partial charge in [0.2, 0.25) is 0 Å². The van der Waals surface area contributed by atoms with E-state index in [0.717, 1.165) is 50.3 Å². The zero-order valence-corrected chi connectivity index (χ0v) is 12.0. The fraction of sp³-hybridized carbons (Fsp3) is 0.643. The Morgan fingerprint density at radius 3 is 3.16 bits per heavy atom. The van der Waals surface area contributed by atoms with E-state index >= 15 is 0 Å². The monoisotopic (exact) mass is 286 g/mol. The molecule has 1 aromatic rings. The standard InChI is InChI=1S/C14H20ClFN2O/c1-2-6-19-13-4-3-5-18(10-13)14-11(8-15)7-12(16)9-17-14/h7,9,13H,2-6,8,10H2,1H3. The molecule has 0 aliphatic carbocycles. The maximum absolute atomic E-state index is 13.2. The Morgan fingerprint density at radius 1 is 1.58 bits per heavy atom. The normalized spacial score (nSPS) is 19.7. The highest BCUT2D eigenvalue weighted by atomic mass is 35.5. The summed E-state index contributed by atoms with van der Waals surface area (Å²) in [5, 5.41) is 0. The minimum absolute atomic E-state index is 0.240. The third-order valence-electron chi connectivity index (χ3n) is 3.29. The molecule has 0 spiro atoms. The van der Waals surface area contributed by atoms with Crippen LogP contribution in [-0.2, 0) is 10.6 Å². The molecular weight excluding hydrogens is 267 g/mol. The van der Waals surface area contributed by atoms with Gasteiger partial charge >= 0.3 is 0 Å². The second kappa shape index (κ2) is 7.06. The zero-order chi connectivity index (χ0) is 13.7. The smallest absolute Gasteiger partial charge is 0.141 e. The van der Waals surface area contributed by atoms with Gasteiger partial charge in [-0.3, -0.25) is 0 Å². The summed E-state index contributed by atoms with van der Waals surface area (Å²) in [5.74, 6) is 0.730. The van der Waals surface area contributed by atoms with Crippen molar-refractivity contribution in [3.63, 3.8) is 0 Å². The second-order valence-corrected chi connectivity index (χ2v) is 5.12. The molecule has 1 aliphatic heterocycles. The van der Waals surface area contributed by atoms with Crippen LogP contribution in [0.15, 0.2) is 12.3 Å². The van der Waals surface area contributed by atoms with E-state index in [9.17, 15) is 4.39 Å². The largest absolute Gasteiger partial charge is 0.376 e. The van der Waals surface area contributed by atoms with Crippen LogP contribution < -0.4 is 4.90 Å². The second-order valence-electron chi connectivity index (χ2n) is 4.85. The number of anilines is 1. The topological polar surface area (TPSA) is 25.4 Å². The molecular formula is C14H20ClFN2O. The molecule has 0 bridgehead atoms. The summed E-state index contributed by atoms with van der Waals surface area (Å²) in [6, 6.07) is 1.46. The van der Waals surface area contributed by atoms with Crippen LogP contribution in [0.5, 0.6) is 0 Å². The predicted octanol–water partition coefficient (Wildman–Crippen LogP) is 3.35. The molecule has 1 fully saturated rings. The number of hydrogen-bond acceptors (Lipinski definition) is 3. The van der Waals surface area contributed by atoms with Gasteiger partial charge in [0, 0.05) is 25.3 Å². The minimum atomic E-state index is -0.338. The first-order valence-corrected chi connectivity index (χ1v) is 7.35. The molecule has 0 saturated carbocycles. The fourth-order valence-corrected chi connectivity index (χ4v) is 2.60. The van der Waals surface area contributed by atoms with Crippen molar-refractivity contribution in [3.05, 3.63) is 23.6 Å². The molecule has 0 amide bonds. The summed E-state index contributed by atoms with van der Waals surface area (Å²) >= 11 is 5.88. The first-order valence-electron chi connectivity index (χ1n) is 6.81. The van der Waals surface area contributed by atoms with Crippen LogP contribution in [0.3, 0.4) is 0 Å². The Hall–Kier alpha value is -0.870. The van der Waals surface area contributed by atoms with Crippen molar-refractivity contribution < 1.29 is 9.13 Å². The van der Waals surface area contributed by atoms with Gasteiger partial charge < -0.3 is 9.64 Å². The molecule has 2 heterocycles. The quantitative estimate of drug-likeness (QED) is 0.776. The van der Waals surface area contributed by atoms with E-state index in [-0.39, 0.29) is 17.8 Å². The summed E-state index contributed by atoms with van der Waals surface area (Å²) < 4.78 is 19.0. The minimum Gasteiger partial charge on any atom is -0.376 e. The number of nitrogens with zero attached hydrogens (tertiary/aromatic N) is 2. The van der Waals surface area contributed by atoms with Crippen molar-refractivity contribution in [1.29, 1.82) is 0 Å². The average Bonchev–Trinajstić information content (AvgIpc) is 2.45. The molecule has 1 saturated heterocycles. The van der Waals surface area contributed by atoms with Crippen molar-refractivity contribution in [2.45, 2.75) is 38.2 Å². The summed E-state index contributed by atoms with van der Waals surface area (Å²) in [6.07, 6.45) is 4.66. The van der Waals surface area contributed by atoms with Crippen molar-refractivity contribution in [2.24, 2.45) is 0 Å². The van der Waals surface area contributed by atoms with Gasteiger partial charge in [0.15, 0.2) is 0 Å². The van der Waals surface area contributed by atoms with Gasteiger partial charge in [-0.1, -0.05) is 6.92 Å². The molecule has 1 aromatic heterocycles. The Labute approximate surface area is 118 Å². The molecule has 0 N–H and O–H groups in total. The molecule has 0 aromatic carbocycles. The van der Waals surface area contributed by atoms with Gasteiger partial charge in [-0.15, -0.1) is 11.6 Å². The van der Waals surface area contributed by atoms with E-state index in [4.69, 9.17) is 16.3 Å². The van der Waals surface area contributed by atoms with Crippen molar-refractivity contribution in [2.75, 3.05) is 24.6 Å². The van der Waals surface area contributed by atoms with Crippen molar-refractivity contribution in [3.8, 4) is 0 Å². The summed E-state index contributed by atoms with van der Waals surface area (Å²) in [7, 11) is 0. The van der Waals surface area contributed by atoms with Crippen LogP contribution in [0.1, 0.15) is 31.7 Å². The van der Waals surface area contributed by atoms with Crippen LogP contribution in [0.4, 0.5) is 10.2 Å². The first-order chi connectivity index (χ1) is 9.24. The van der Waals surface area contributed by atoms with E-state index in [1.807, 2.05) is 0 Å². The average molecular weight is 287 g/mol. The first kappa shape index (κ1) is 14.5. The Balaban J connectivity index is 2.08. The third kappa shape index (κ3) is 3.80.